The fraction of sp³-hybridized carbons (Fsp3) is 0.360. The highest BCUT2D eigenvalue weighted by molar-refractivity contribution is 5.78. The summed E-state index contributed by atoms with van der Waals surface area (Å²) < 4.78 is 27.7. The number of alkyl halides is 2. The third-order valence-electron chi connectivity index (χ3n) is 6.37. The third-order valence-corrected chi connectivity index (χ3v) is 6.37. The molecule has 0 radical (unpaired) electrons. The first kappa shape index (κ1) is 24.6. The fourth-order valence-corrected chi connectivity index (χ4v) is 4.47. The molecule has 0 aliphatic carbocycles. The molecule has 3 aromatic rings. The van der Waals surface area contributed by atoms with Crippen LogP contribution < -0.4 is 16.4 Å². The Morgan fingerprint density at radius 3 is 2.81 bits per heavy atom. The maximum absolute atomic E-state index is 13.2. The second-order valence-corrected chi connectivity index (χ2v) is 9.31. The molecule has 192 valence electrons. The predicted molar refractivity (Wildman–Crippen MR) is 133 cm³/mol. The lowest BCUT2D eigenvalue weighted by Gasteiger charge is -2.38. The van der Waals surface area contributed by atoms with Crippen molar-refractivity contribution in [3.05, 3.63) is 47.3 Å². The van der Waals surface area contributed by atoms with Gasteiger partial charge >= 0.3 is 0 Å². The summed E-state index contributed by atoms with van der Waals surface area (Å²) in [5.74, 6) is 3.42. The van der Waals surface area contributed by atoms with E-state index in [1.54, 1.807) is 32.2 Å². The van der Waals surface area contributed by atoms with E-state index < -0.39 is 30.5 Å². The van der Waals surface area contributed by atoms with Crippen molar-refractivity contribution in [3.63, 3.8) is 0 Å². The Kier molecular flexibility index (Phi) is 6.05. The lowest BCUT2D eigenvalue weighted by Crippen LogP contribution is -2.59. The minimum Gasteiger partial charge on any atom is -0.394 e. The number of aliphatic hydroxyl groups is 1. The van der Waals surface area contributed by atoms with E-state index in [0.717, 1.165) is 27.3 Å². The molecule has 37 heavy (non-hydrogen) atoms. The lowest BCUT2D eigenvalue weighted by atomic mass is 9.90. The molecular weight excluding hydrogens is 482 g/mol. The molecule has 0 spiro atoms. The molecule has 2 aliphatic heterocycles. The minimum atomic E-state index is -2.83. The van der Waals surface area contributed by atoms with Crippen molar-refractivity contribution in [1.29, 1.82) is 0 Å². The molecule has 5 rings (SSSR count). The summed E-state index contributed by atoms with van der Waals surface area (Å²) in [4.78, 5) is 22.4. The van der Waals surface area contributed by atoms with Gasteiger partial charge in [-0.3, -0.25) is 4.79 Å². The van der Waals surface area contributed by atoms with Crippen molar-refractivity contribution < 1.29 is 18.7 Å². The van der Waals surface area contributed by atoms with Crippen molar-refractivity contribution in [1.82, 2.24) is 24.6 Å². The third kappa shape index (κ3) is 4.71. The molecule has 1 unspecified atom stereocenters. The monoisotopic (exact) mass is 508 g/mol. The summed E-state index contributed by atoms with van der Waals surface area (Å²) in [7, 11) is 0. The number of benzene rings is 1. The largest absolute Gasteiger partial charge is 0.394 e. The lowest BCUT2D eigenvalue weighted by molar-refractivity contribution is -0.166. The van der Waals surface area contributed by atoms with Crippen LogP contribution in [0.1, 0.15) is 23.7 Å². The Morgan fingerprint density at radius 1 is 1.32 bits per heavy atom. The van der Waals surface area contributed by atoms with Gasteiger partial charge in [0.05, 0.1) is 42.3 Å². The number of nitrogens with two attached hydrogens (primary N) is 1. The van der Waals surface area contributed by atoms with E-state index >= 15 is 0 Å². The van der Waals surface area contributed by atoms with E-state index in [4.69, 9.17) is 5.73 Å². The molecule has 2 aromatic heterocycles. The number of likely N-dealkylation sites (tertiary alicyclic amines) is 1. The number of hydrogen-bond donors (Lipinski definition) is 4. The number of aromatic nitrogens is 4. The molecule has 2 aliphatic rings. The normalized spacial score (nSPS) is 19.4. The second-order valence-electron chi connectivity index (χ2n) is 9.31. The quantitative estimate of drug-likeness (QED) is 0.371. The summed E-state index contributed by atoms with van der Waals surface area (Å²) in [5.41, 5.74) is 9.75. The van der Waals surface area contributed by atoms with Crippen LogP contribution in [0.4, 0.5) is 26.2 Å². The van der Waals surface area contributed by atoms with Gasteiger partial charge in [-0.2, -0.15) is 5.10 Å². The molecule has 1 saturated heterocycles. The number of aryl methyl sites for hydroxylation is 1. The van der Waals surface area contributed by atoms with Gasteiger partial charge in [0.1, 0.15) is 12.4 Å². The van der Waals surface area contributed by atoms with Crippen molar-refractivity contribution in [2.75, 3.05) is 36.9 Å². The maximum atomic E-state index is 13.2. The predicted octanol–water partition coefficient (Wildman–Crippen LogP) is 1.81. The van der Waals surface area contributed by atoms with E-state index in [2.05, 4.69) is 37.5 Å². The fourth-order valence-electron chi connectivity index (χ4n) is 4.47. The van der Waals surface area contributed by atoms with Crippen LogP contribution in [0.3, 0.4) is 0 Å². The highest BCUT2D eigenvalue weighted by Gasteiger charge is 2.46. The Balaban J connectivity index is 1.42. The molecule has 12 heteroatoms. The number of amides is 1. The molecular formula is C25H26F2N8O2. The SMILES string of the molecule is CC#Cc1cc(-c2ccnc(Nc3cc(C)nn3CC(=O)N3CC(F)(F)C3)n2)cc2c1NCC2(N)CO. The first-order chi connectivity index (χ1) is 17.6. The Hall–Kier alpha value is -4.08. The van der Waals surface area contributed by atoms with E-state index in [9.17, 15) is 18.7 Å². The summed E-state index contributed by atoms with van der Waals surface area (Å²) >= 11 is 0. The van der Waals surface area contributed by atoms with Crippen LogP contribution in [0.2, 0.25) is 0 Å². The highest BCUT2D eigenvalue weighted by atomic mass is 19.3. The summed E-state index contributed by atoms with van der Waals surface area (Å²) in [6, 6.07) is 7.24. The molecule has 10 nitrogen and oxygen atoms in total. The number of hydrogen-bond acceptors (Lipinski definition) is 8. The van der Waals surface area contributed by atoms with Crippen molar-refractivity contribution >= 4 is 23.4 Å². The van der Waals surface area contributed by atoms with Crippen LogP contribution in [0.25, 0.3) is 11.3 Å². The average molecular weight is 509 g/mol. The Labute approximate surface area is 211 Å². The van der Waals surface area contributed by atoms with Gasteiger partial charge in [0, 0.05) is 35.5 Å². The summed E-state index contributed by atoms with van der Waals surface area (Å²) in [6.45, 7) is 2.30. The molecule has 1 atom stereocenters. The van der Waals surface area contributed by atoms with E-state index in [1.807, 2.05) is 12.1 Å². The van der Waals surface area contributed by atoms with Crippen LogP contribution >= 0.6 is 0 Å². The number of carbonyl (C=O) groups is 1. The molecule has 5 N–H and O–H groups in total. The van der Waals surface area contributed by atoms with Gasteiger partial charge in [0.25, 0.3) is 5.92 Å². The molecule has 1 fully saturated rings. The smallest absolute Gasteiger partial charge is 0.282 e. The highest BCUT2D eigenvalue weighted by Crippen LogP contribution is 2.38. The van der Waals surface area contributed by atoms with Crippen LogP contribution in [0.15, 0.2) is 30.5 Å². The van der Waals surface area contributed by atoms with Gasteiger partial charge in [-0.05, 0) is 32.0 Å². The van der Waals surface area contributed by atoms with E-state index in [-0.39, 0.29) is 19.1 Å². The molecule has 4 heterocycles. The van der Waals surface area contributed by atoms with Gasteiger partial charge in [0.2, 0.25) is 11.9 Å². The van der Waals surface area contributed by atoms with Gasteiger partial charge in [-0.1, -0.05) is 5.92 Å². The average Bonchev–Trinajstić information content (AvgIpc) is 3.37. The number of aliphatic hydroxyl groups excluding tert-OH is 1. The van der Waals surface area contributed by atoms with Crippen molar-refractivity contribution in [2.45, 2.75) is 31.9 Å². The van der Waals surface area contributed by atoms with Crippen LogP contribution in [0, 0.1) is 18.8 Å². The molecule has 1 aromatic carbocycles. The maximum Gasteiger partial charge on any atom is 0.282 e. The molecule has 1 amide bonds. The Bertz CT molecular complexity index is 1440. The number of carbonyl (C=O) groups excluding carboxylic acids is 1. The topological polar surface area (TPSA) is 134 Å². The van der Waals surface area contributed by atoms with Crippen molar-refractivity contribution in [2.24, 2.45) is 5.73 Å². The number of nitrogens with zero attached hydrogens (tertiary/aromatic N) is 5. The van der Waals surface area contributed by atoms with Gasteiger partial charge in [-0.25, -0.2) is 23.4 Å². The zero-order valence-corrected chi connectivity index (χ0v) is 20.3. The van der Waals surface area contributed by atoms with E-state index in [1.165, 1.54) is 4.68 Å². The van der Waals surface area contributed by atoms with Crippen molar-refractivity contribution in [3.8, 4) is 23.1 Å². The summed E-state index contributed by atoms with van der Waals surface area (Å²) in [5, 5.41) is 20.6. The number of anilines is 3. The molecule has 0 saturated carbocycles. The standard InChI is InChI=1S/C25H26F2N8O2/c1-3-4-16-8-17(9-18-22(16)30-11-24(18,28)14-36)19-5-6-29-23(31-19)32-20-7-15(2)33-35(20)10-21(37)34-12-25(26,27)13-34/h5-9,30,36H,10-14,28H2,1-2H3,(H,29,31,32). The van der Waals surface area contributed by atoms with Gasteiger partial charge < -0.3 is 26.4 Å². The van der Waals surface area contributed by atoms with E-state index in [0.29, 0.717) is 23.8 Å². The number of nitrogens with one attached hydrogen (secondary N) is 2. The second kappa shape index (κ2) is 9.10. The van der Waals surface area contributed by atoms with Gasteiger partial charge in [-0.15, -0.1) is 5.92 Å². The number of rotatable bonds is 6. The Morgan fingerprint density at radius 2 is 2.11 bits per heavy atom. The zero-order valence-electron chi connectivity index (χ0n) is 20.3. The van der Waals surface area contributed by atoms with Crippen LogP contribution in [-0.2, 0) is 16.9 Å². The number of halogens is 2. The summed E-state index contributed by atoms with van der Waals surface area (Å²) in [6.07, 6.45) is 1.59. The first-order valence-corrected chi connectivity index (χ1v) is 11.7. The van der Waals surface area contributed by atoms with Crippen LogP contribution in [0.5, 0.6) is 0 Å². The minimum absolute atomic E-state index is 0.192. The van der Waals surface area contributed by atoms with Gasteiger partial charge in [0.15, 0.2) is 0 Å². The number of fused-ring (bicyclic) bond motifs is 1. The first-order valence-electron chi connectivity index (χ1n) is 11.7. The van der Waals surface area contributed by atoms with Crippen LogP contribution in [-0.4, -0.2) is 67.8 Å². The zero-order chi connectivity index (χ0) is 26.4. The molecule has 0 bridgehead atoms.